The Kier molecular flexibility index (Phi) is 23.9. The lowest BCUT2D eigenvalue weighted by Gasteiger charge is -2.51. The zero-order valence-corrected chi connectivity index (χ0v) is 54.4. The van der Waals surface area contributed by atoms with Crippen LogP contribution in [0.25, 0.3) is 0 Å². The molecule has 450 valence electrons. The highest BCUT2D eigenvalue weighted by atomic mass is 19.3. The summed E-state index contributed by atoms with van der Waals surface area (Å²) in [5, 5.41) is 0. The van der Waals surface area contributed by atoms with Gasteiger partial charge < -0.3 is 4.74 Å². The molecule has 0 aliphatic carbocycles. The minimum absolute atomic E-state index is 0.00313. The van der Waals surface area contributed by atoms with E-state index in [0.717, 1.165) is 19.8 Å². The third-order valence-corrected chi connectivity index (χ3v) is 16.1. The van der Waals surface area contributed by atoms with E-state index in [4.69, 9.17) is 4.74 Å². The number of nitrogens with zero attached hydrogens (tertiary/aromatic N) is 5. The fraction of sp³-hybridized carbons (Fsp3) is 1.00. The molecule has 0 saturated carbocycles. The zero-order chi connectivity index (χ0) is 59.8. The number of hydrogen-bond acceptors (Lipinski definition) is 6. The van der Waals surface area contributed by atoms with Crippen molar-refractivity contribution in [2.75, 3.05) is 45.9 Å². The van der Waals surface area contributed by atoms with Gasteiger partial charge in [-0.15, -0.1) is 0 Å². The number of alkyl halides is 7. The van der Waals surface area contributed by atoms with Crippen molar-refractivity contribution >= 4 is 0 Å². The van der Waals surface area contributed by atoms with Crippen molar-refractivity contribution < 1.29 is 35.5 Å². The van der Waals surface area contributed by atoms with E-state index in [0.29, 0.717) is 43.4 Å². The Morgan fingerprint density at radius 3 is 1.03 bits per heavy atom. The molecule has 5 saturated heterocycles. The maximum atomic E-state index is 13.5. The van der Waals surface area contributed by atoms with Gasteiger partial charge in [-0.1, -0.05) is 104 Å². The van der Waals surface area contributed by atoms with Gasteiger partial charge in [0.25, 0.3) is 17.8 Å². The zero-order valence-electron chi connectivity index (χ0n) is 54.4. The number of ether oxygens (including phenoxy) is 1. The number of halogens is 7. The minimum Gasteiger partial charge on any atom is -0.378 e. The molecule has 6 atom stereocenters. The molecule has 6 nitrogen and oxygen atoms in total. The Labute approximate surface area is 459 Å². The SMILES string of the molecule is CC(C)(C)C1CC(F)(F)CCN1C(C)(C)C.CC(C)(C)C1CC(F)(F)CN1C(C)(C)C.CC(C)(C)C1CC(F)CN1C(C)(C)C.CC(C)(C)C1CCC(F)(F)CN1C(C)(C)C.CC(C)(C)C1COCCN1C(C)(C)C. The van der Waals surface area contributed by atoms with Crippen LogP contribution >= 0.6 is 0 Å². The normalized spacial score (nSPS) is 28.4. The fourth-order valence-corrected chi connectivity index (χ4v) is 11.8. The van der Waals surface area contributed by atoms with Crippen molar-refractivity contribution in [3.63, 3.8) is 0 Å². The van der Waals surface area contributed by atoms with E-state index in [1.165, 1.54) is 0 Å². The summed E-state index contributed by atoms with van der Waals surface area (Å²) in [6.07, 6.45) is 0.660. The molecule has 5 aliphatic rings. The molecular weight excluding hydrogens is 964 g/mol. The number of likely N-dealkylation sites (tertiary alicyclic amines) is 4. The molecule has 5 rings (SSSR count). The van der Waals surface area contributed by atoms with Crippen LogP contribution in [0.4, 0.5) is 30.7 Å². The molecule has 5 aliphatic heterocycles. The van der Waals surface area contributed by atoms with Crippen LogP contribution in [-0.4, -0.2) is 152 Å². The van der Waals surface area contributed by atoms with Crippen molar-refractivity contribution in [2.24, 2.45) is 27.1 Å². The third-order valence-electron chi connectivity index (χ3n) is 16.1. The lowest BCUT2D eigenvalue weighted by molar-refractivity contribution is -0.127. The van der Waals surface area contributed by atoms with Gasteiger partial charge in [-0.3, -0.25) is 24.5 Å². The standard InChI is InChI=1S/2C13H25F2N.C12H23F2N.C12H24FN.C12H25NO/c1-11(2,3)10-9-13(14,15)7-8-16(10)12(4,5)6;1-11(2,3)10-7-8-13(14,15)9-16(10)12(4,5)6;1-10(2,3)9-7-12(13,14)8-15(9)11(4,5)6;1-11(2,3)10-7-9(13)8-14(10)12(4,5)6;1-11(2,3)10-9-14-8-7-13(10)12(4,5)6/h2*10H,7-9H2,1-6H3;9H,7-8H2,1-6H3;9-10H,7-8H2,1-6H3;10H,7-9H2,1-6H3. The molecule has 0 aromatic rings. The largest absolute Gasteiger partial charge is 0.378 e. The highest BCUT2D eigenvalue weighted by Gasteiger charge is 2.53. The van der Waals surface area contributed by atoms with Gasteiger partial charge in [0.05, 0.1) is 26.3 Å². The average Bonchev–Trinajstić information content (AvgIpc) is 3.73. The molecule has 0 bridgehead atoms. The van der Waals surface area contributed by atoms with Crippen molar-refractivity contribution in [1.82, 2.24) is 24.5 Å². The first-order valence-corrected chi connectivity index (χ1v) is 28.8. The molecular formula is C62H122F7N5O. The van der Waals surface area contributed by atoms with Crippen LogP contribution in [0.3, 0.4) is 0 Å². The van der Waals surface area contributed by atoms with Gasteiger partial charge in [-0.05, 0) is 144 Å². The summed E-state index contributed by atoms with van der Waals surface area (Å²) in [5.41, 5.74) is 0.268. The van der Waals surface area contributed by atoms with E-state index in [9.17, 15) is 30.7 Å². The molecule has 0 amide bonds. The quantitative estimate of drug-likeness (QED) is 0.224. The van der Waals surface area contributed by atoms with Crippen LogP contribution < -0.4 is 0 Å². The summed E-state index contributed by atoms with van der Waals surface area (Å²) in [6.45, 7) is 67.7. The molecule has 0 spiro atoms. The number of hydrogen-bond donors (Lipinski definition) is 0. The van der Waals surface area contributed by atoms with E-state index >= 15 is 0 Å². The number of piperidine rings is 2. The second kappa shape index (κ2) is 24.8. The topological polar surface area (TPSA) is 25.4 Å². The Hall–Kier alpha value is -0.730. The first-order valence-electron chi connectivity index (χ1n) is 28.8. The van der Waals surface area contributed by atoms with Gasteiger partial charge >= 0.3 is 0 Å². The Morgan fingerprint density at radius 1 is 0.360 bits per heavy atom. The maximum Gasteiger partial charge on any atom is 0.262 e. The van der Waals surface area contributed by atoms with E-state index < -0.39 is 23.9 Å². The molecule has 5 fully saturated rings. The van der Waals surface area contributed by atoms with Crippen LogP contribution in [0, 0.1) is 27.1 Å². The van der Waals surface area contributed by atoms with E-state index in [1.54, 1.807) is 0 Å². The molecule has 13 heteroatoms. The second-order valence-electron chi connectivity index (χ2n) is 33.7. The first kappa shape index (κ1) is 72.3. The molecule has 0 radical (unpaired) electrons. The summed E-state index contributed by atoms with van der Waals surface area (Å²) in [7, 11) is 0. The Morgan fingerprint density at radius 2 is 0.693 bits per heavy atom. The summed E-state index contributed by atoms with van der Waals surface area (Å²) in [4.78, 5) is 11.1. The summed E-state index contributed by atoms with van der Waals surface area (Å²) < 4.78 is 100. The van der Waals surface area contributed by atoms with Crippen molar-refractivity contribution in [3.8, 4) is 0 Å². The van der Waals surface area contributed by atoms with Gasteiger partial charge in [0.2, 0.25) is 0 Å². The third kappa shape index (κ3) is 23.3. The van der Waals surface area contributed by atoms with Crippen molar-refractivity contribution in [3.05, 3.63) is 0 Å². The molecule has 0 N–H and O–H groups in total. The average molecular weight is 1090 g/mol. The fourth-order valence-electron chi connectivity index (χ4n) is 11.8. The summed E-state index contributed by atoms with van der Waals surface area (Å²) in [6, 6.07) is 1.07. The van der Waals surface area contributed by atoms with Gasteiger partial charge in [0.15, 0.2) is 0 Å². The molecule has 0 aromatic carbocycles. The van der Waals surface area contributed by atoms with Crippen molar-refractivity contribution in [1.29, 1.82) is 0 Å². The predicted molar refractivity (Wildman–Crippen MR) is 307 cm³/mol. The monoisotopic (exact) mass is 1090 g/mol. The molecule has 6 unspecified atom stereocenters. The van der Waals surface area contributed by atoms with E-state index in [-0.39, 0.29) is 106 Å². The van der Waals surface area contributed by atoms with Gasteiger partial charge in [0.1, 0.15) is 6.17 Å². The molecule has 5 heterocycles. The first-order chi connectivity index (χ1) is 32.7. The van der Waals surface area contributed by atoms with Crippen LogP contribution in [0.5, 0.6) is 0 Å². The van der Waals surface area contributed by atoms with E-state index in [2.05, 4.69) is 160 Å². The van der Waals surface area contributed by atoms with Gasteiger partial charge in [-0.2, -0.15) is 0 Å². The van der Waals surface area contributed by atoms with Gasteiger partial charge in [-0.25, -0.2) is 30.7 Å². The lowest BCUT2D eigenvalue weighted by Crippen LogP contribution is -2.60. The van der Waals surface area contributed by atoms with Gasteiger partial charge in [0, 0.05) is 103 Å². The summed E-state index contributed by atoms with van der Waals surface area (Å²) >= 11 is 0. The van der Waals surface area contributed by atoms with Crippen LogP contribution in [0.15, 0.2) is 0 Å². The predicted octanol–water partition coefficient (Wildman–Crippen LogP) is 17.2. The Balaban J connectivity index is 0.000000469. The summed E-state index contributed by atoms with van der Waals surface area (Å²) in [5.74, 6) is -7.53. The highest BCUT2D eigenvalue weighted by molar-refractivity contribution is 5.02. The highest BCUT2D eigenvalue weighted by Crippen LogP contribution is 2.46. The molecule has 75 heavy (non-hydrogen) atoms. The Bertz CT molecular complexity index is 1550. The number of morpholine rings is 1. The van der Waals surface area contributed by atoms with Crippen LogP contribution in [0.1, 0.15) is 246 Å². The number of rotatable bonds is 0. The lowest BCUT2D eigenvalue weighted by atomic mass is 9.77. The minimum atomic E-state index is -2.52. The second-order valence-corrected chi connectivity index (χ2v) is 33.7. The maximum absolute atomic E-state index is 13.5. The van der Waals surface area contributed by atoms with Crippen molar-refractivity contribution in [2.45, 2.75) is 328 Å². The van der Waals surface area contributed by atoms with E-state index in [1.807, 2.05) is 72.1 Å². The van der Waals surface area contributed by atoms with Crippen LogP contribution in [-0.2, 0) is 4.74 Å². The molecule has 0 aromatic heterocycles. The smallest absolute Gasteiger partial charge is 0.262 e. The van der Waals surface area contributed by atoms with Crippen LogP contribution in [0.2, 0.25) is 0 Å².